The first-order valence-electron chi connectivity index (χ1n) is 10.3. The van der Waals surface area contributed by atoms with Crippen LogP contribution < -0.4 is 5.32 Å². The van der Waals surface area contributed by atoms with Gasteiger partial charge in [-0.3, -0.25) is 4.79 Å². The third-order valence-corrected chi connectivity index (χ3v) is 5.80. The fraction of sp³-hybridized carbons (Fsp3) is 0.500. The summed E-state index contributed by atoms with van der Waals surface area (Å²) in [6.45, 7) is 4.81. The maximum atomic E-state index is 12.6. The first-order chi connectivity index (χ1) is 14.0. The van der Waals surface area contributed by atoms with Crippen molar-refractivity contribution < 1.29 is 18.8 Å². The molecule has 7 heteroatoms. The topological polar surface area (TPSA) is 84.7 Å². The monoisotopic (exact) mass is 397 g/mol. The summed E-state index contributed by atoms with van der Waals surface area (Å²) in [5.41, 5.74) is 1.29. The Hall–Kier alpha value is -2.83. The fourth-order valence-electron chi connectivity index (χ4n) is 3.80. The lowest BCUT2D eigenvalue weighted by atomic mass is 9.89. The first-order valence-corrected chi connectivity index (χ1v) is 10.3. The fourth-order valence-corrected chi connectivity index (χ4v) is 3.80. The number of ether oxygens (including phenoxy) is 1. The van der Waals surface area contributed by atoms with E-state index in [-0.39, 0.29) is 36.6 Å². The van der Waals surface area contributed by atoms with Crippen LogP contribution in [0.3, 0.4) is 0 Å². The number of aromatic nitrogens is 1. The second kappa shape index (κ2) is 8.27. The number of likely N-dealkylation sites (tertiary alicyclic amines) is 1. The van der Waals surface area contributed by atoms with Crippen molar-refractivity contribution in [1.29, 1.82) is 0 Å². The van der Waals surface area contributed by atoms with Gasteiger partial charge in [-0.15, -0.1) is 0 Å². The summed E-state index contributed by atoms with van der Waals surface area (Å²) in [5, 5.41) is 6.98. The molecule has 2 aliphatic rings. The molecule has 0 radical (unpaired) electrons. The summed E-state index contributed by atoms with van der Waals surface area (Å²) in [6, 6.07) is 11.3. The van der Waals surface area contributed by atoms with Gasteiger partial charge < -0.3 is 19.5 Å². The molecule has 0 unspecified atom stereocenters. The molecule has 7 nitrogen and oxygen atoms in total. The molecule has 29 heavy (non-hydrogen) atoms. The van der Waals surface area contributed by atoms with Crippen LogP contribution in [0.25, 0.3) is 0 Å². The largest absolute Gasteiger partial charge is 0.445 e. The van der Waals surface area contributed by atoms with Gasteiger partial charge in [0.15, 0.2) is 5.69 Å². The molecule has 1 aromatic carbocycles. The second-order valence-corrected chi connectivity index (χ2v) is 8.22. The molecule has 1 aromatic heterocycles. The molecule has 2 fully saturated rings. The molecular formula is C22H27N3O4. The summed E-state index contributed by atoms with van der Waals surface area (Å²) >= 11 is 0. The molecule has 0 spiro atoms. The number of carbonyl (C=O) groups is 2. The van der Waals surface area contributed by atoms with Gasteiger partial charge >= 0.3 is 6.09 Å². The number of carbonyl (C=O) groups excluding carboxylic acids is 2. The van der Waals surface area contributed by atoms with Crippen LogP contribution in [0, 0.1) is 5.92 Å². The minimum Gasteiger partial charge on any atom is -0.445 e. The minimum absolute atomic E-state index is 0.0286. The molecular weight excluding hydrogens is 370 g/mol. The SMILES string of the molecule is C[C@@H]1CN(C(=O)OCc2ccccc2)[C@H](C)C[C@@H]1NC(=O)c1cc(C2CC2)on1. The first kappa shape index (κ1) is 19.5. The van der Waals surface area contributed by atoms with Gasteiger partial charge in [0.2, 0.25) is 0 Å². The number of nitrogens with one attached hydrogen (secondary N) is 1. The summed E-state index contributed by atoms with van der Waals surface area (Å²) in [4.78, 5) is 26.8. The molecule has 0 bridgehead atoms. The molecule has 2 amide bonds. The van der Waals surface area contributed by atoms with E-state index in [9.17, 15) is 9.59 Å². The zero-order valence-corrected chi connectivity index (χ0v) is 16.8. The quantitative estimate of drug-likeness (QED) is 0.831. The number of hydrogen-bond donors (Lipinski definition) is 1. The summed E-state index contributed by atoms with van der Waals surface area (Å²) in [7, 11) is 0. The van der Waals surface area contributed by atoms with E-state index < -0.39 is 0 Å². The molecule has 1 saturated carbocycles. The van der Waals surface area contributed by atoms with Gasteiger partial charge in [-0.25, -0.2) is 4.79 Å². The zero-order valence-electron chi connectivity index (χ0n) is 16.8. The second-order valence-electron chi connectivity index (χ2n) is 8.22. The molecule has 1 N–H and O–H groups in total. The Morgan fingerprint density at radius 1 is 1.24 bits per heavy atom. The van der Waals surface area contributed by atoms with Gasteiger partial charge in [0, 0.05) is 30.6 Å². The van der Waals surface area contributed by atoms with Crippen molar-refractivity contribution in [3.63, 3.8) is 0 Å². The number of benzene rings is 1. The van der Waals surface area contributed by atoms with Crippen molar-refractivity contribution in [2.24, 2.45) is 5.92 Å². The molecule has 4 rings (SSSR count). The van der Waals surface area contributed by atoms with Crippen LogP contribution in [-0.2, 0) is 11.3 Å². The molecule has 3 atom stereocenters. The van der Waals surface area contributed by atoms with E-state index in [0.717, 1.165) is 24.2 Å². The standard InChI is InChI=1S/C22H27N3O4/c1-14-12-25(22(27)28-13-16-6-4-3-5-7-16)15(2)10-18(14)23-21(26)19-11-20(29-24-19)17-8-9-17/h3-7,11,14-15,17-18H,8-10,12-13H2,1-2H3,(H,23,26)/t14-,15-,18+/m1/s1. The molecule has 2 aromatic rings. The van der Waals surface area contributed by atoms with E-state index >= 15 is 0 Å². The third kappa shape index (κ3) is 4.60. The van der Waals surface area contributed by atoms with Crippen molar-refractivity contribution in [2.75, 3.05) is 6.54 Å². The predicted octanol–water partition coefficient (Wildman–Crippen LogP) is 3.72. The average molecular weight is 397 g/mol. The van der Waals surface area contributed by atoms with Crippen molar-refractivity contribution in [1.82, 2.24) is 15.4 Å². The van der Waals surface area contributed by atoms with Crippen molar-refractivity contribution >= 4 is 12.0 Å². The van der Waals surface area contributed by atoms with E-state index in [1.165, 1.54) is 0 Å². The van der Waals surface area contributed by atoms with E-state index in [1.54, 1.807) is 11.0 Å². The van der Waals surface area contributed by atoms with Gasteiger partial charge in [-0.2, -0.15) is 0 Å². The van der Waals surface area contributed by atoms with Gasteiger partial charge in [-0.05, 0) is 37.7 Å². The van der Waals surface area contributed by atoms with Crippen LogP contribution >= 0.6 is 0 Å². The van der Waals surface area contributed by atoms with Crippen LogP contribution in [-0.4, -0.2) is 40.7 Å². The van der Waals surface area contributed by atoms with E-state index in [2.05, 4.69) is 10.5 Å². The lowest BCUT2D eigenvalue weighted by Gasteiger charge is -2.41. The summed E-state index contributed by atoms with van der Waals surface area (Å²) in [6.07, 6.45) is 2.55. The molecule has 2 heterocycles. The smallest absolute Gasteiger partial charge is 0.410 e. The predicted molar refractivity (Wildman–Crippen MR) is 106 cm³/mol. The Kier molecular flexibility index (Phi) is 5.56. The summed E-state index contributed by atoms with van der Waals surface area (Å²) < 4.78 is 10.8. The van der Waals surface area contributed by atoms with E-state index in [0.29, 0.717) is 24.6 Å². The minimum atomic E-state index is -0.316. The highest BCUT2D eigenvalue weighted by atomic mass is 16.6. The highest BCUT2D eigenvalue weighted by Gasteiger charge is 2.36. The normalized spacial score (nSPS) is 24.2. The van der Waals surface area contributed by atoms with Crippen molar-refractivity contribution in [3.8, 4) is 0 Å². The van der Waals surface area contributed by atoms with Gasteiger partial charge in [0.25, 0.3) is 5.91 Å². The lowest BCUT2D eigenvalue weighted by molar-refractivity contribution is 0.0496. The number of hydrogen-bond acceptors (Lipinski definition) is 5. The summed E-state index contributed by atoms with van der Waals surface area (Å²) in [5.74, 6) is 1.11. The van der Waals surface area contributed by atoms with Crippen LogP contribution in [0.1, 0.15) is 60.8 Å². The molecule has 1 saturated heterocycles. The van der Waals surface area contributed by atoms with Crippen molar-refractivity contribution in [3.05, 3.63) is 53.4 Å². The molecule has 1 aliphatic heterocycles. The Morgan fingerprint density at radius 2 is 2.00 bits per heavy atom. The van der Waals surface area contributed by atoms with Gasteiger partial charge in [0.1, 0.15) is 12.4 Å². The molecule has 1 aliphatic carbocycles. The maximum absolute atomic E-state index is 12.6. The van der Waals surface area contributed by atoms with Crippen LogP contribution in [0.5, 0.6) is 0 Å². The number of amides is 2. The Labute approximate surface area is 170 Å². The highest BCUT2D eigenvalue weighted by molar-refractivity contribution is 5.92. The average Bonchev–Trinajstić information content (AvgIpc) is 3.45. The highest BCUT2D eigenvalue weighted by Crippen LogP contribution is 2.40. The Morgan fingerprint density at radius 3 is 2.72 bits per heavy atom. The zero-order chi connectivity index (χ0) is 20.4. The number of piperidine rings is 1. The van der Waals surface area contributed by atoms with Crippen molar-refractivity contribution in [2.45, 2.75) is 57.7 Å². The van der Waals surface area contributed by atoms with Crippen LogP contribution in [0.4, 0.5) is 4.79 Å². The van der Waals surface area contributed by atoms with Gasteiger partial charge in [0.05, 0.1) is 0 Å². The van der Waals surface area contributed by atoms with E-state index in [4.69, 9.17) is 9.26 Å². The number of nitrogens with zero attached hydrogens (tertiary/aromatic N) is 2. The molecule has 154 valence electrons. The Balaban J connectivity index is 1.30. The van der Waals surface area contributed by atoms with Crippen LogP contribution in [0.2, 0.25) is 0 Å². The number of rotatable bonds is 5. The third-order valence-electron chi connectivity index (χ3n) is 5.80. The maximum Gasteiger partial charge on any atom is 0.410 e. The van der Waals surface area contributed by atoms with E-state index in [1.807, 2.05) is 44.2 Å². The van der Waals surface area contributed by atoms with Gasteiger partial charge in [-0.1, -0.05) is 42.4 Å². The Bertz CT molecular complexity index is 862. The van der Waals surface area contributed by atoms with Crippen LogP contribution in [0.15, 0.2) is 40.9 Å². The lowest BCUT2D eigenvalue weighted by Crippen LogP contribution is -2.55.